The topological polar surface area (TPSA) is 51.4 Å². The lowest BCUT2D eigenvalue weighted by atomic mass is 9.78. The van der Waals surface area contributed by atoms with Crippen LogP contribution < -0.4 is 15.4 Å². The molecular formula is C17H27N3O. The molecule has 0 bridgehead atoms. The zero-order chi connectivity index (χ0) is 14.7. The lowest BCUT2D eigenvalue weighted by Crippen LogP contribution is -2.47. The molecule has 0 spiro atoms. The zero-order valence-corrected chi connectivity index (χ0v) is 13.1. The number of pyridine rings is 1. The minimum absolute atomic E-state index is 0.604. The van der Waals surface area contributed by atoms with E-state index in [1.165, 1.54) is 38.5 Å². The Morgan fingerprint density at radius 2 is 2.05 bits per heavy atom. The Bertz CT molecular complexity index is 475. The van der Waals surface area contributed by atoms with Gasteiger partial charge >= 0.3 is 0 Å². The van der Waals surface area contributed by atoms with Crippen molar-refractivity contribution in [2.24, 2.45) is 5.92 Å². The van der Waals surface area contributed by atoms with Crippen molar-refractivity contribution in [2.45, 2.75) is 57.9 Å². The van der Waals surface area contributed by atoms with Gasteiger partial charge in [-0.2, -0.15) is 4.98 Å². The van der Waals surface area contributed by atoms with Crippen LogP contribution in [0.25, 0.3) is 0 Å². The molecule has 2 N–H and O–H groups in total. The van der Waals surface area contributed by atoms with Crippen LogP contribution in [0.5, 0.6) is 5.88 Å². The highest BCUT2D eigenvalue weighted by Gasteiger charge is 2.34. The average Bonchev–Trinajstić information content (AvgIpc) is 2.54. The molecule has 0 unspecified atom stereocenters. The van der Waals surface area contributed by atoms with Crippen LogP contribution in [0, 0.1) is 5.92 Å². The molecule has 2 aliphatic rings. The van der Waals surface area contributed by atoms with Gasteiger partial charge in [0.2, 0.25) is 5.88 Å². The number of piperidine rings is 1. The molecule has 1 saturated carbocycles. The quantitative estimate of drug-likeness (QED) is 0.920. The Balaban J connectivity index is 1.81. The molecule has 3 rings (SSSR count). The molecule has 0 amide bonds. The van der Waals surface area contributed by atoms with Crippen molar-refractivity contribution in [1.29, 1.82) is 0 Å². The van der Waals surface area contributed by atoms with E-state index in [-0.39, 0.29) is 0 Å². The summed E-state index contributed by atoms with van der Waals surface area (Å²) in [5.74, 6) is 2.51. The van der Waals surface area contributed by atoms with E-state index in [9.17, 15) is 0 Å². The number of anilines is 2. The highest BCUT2D eigenvalue weighted by molar-refractivity contribution is 5.55. The molecule has 116 valence electrons. The fourth-order valence-corrected chi connectivity index (χ4v) is 3.82. The van der Waals surface area contributed by atoms with E-state index in [4.69, 9.17) is 15.5 Å². The van der Waals surface area contributed by atoms with Gasteiger partial charge in [-0.3, -0.25) is 0 Å². The van der Waals surface area contributed by atoms with Crippen molar-refractivity contribution >= 4 is 11.5 Å². The highest BCUT2D eigenvalue weighted by atomic mass is 16.5. The fraction of sp³-hybridized carbons (Fsp3) is 0.706. The molecule has 0 radical (unpaired) electrons. The second kappa shape index (κ2) is 6.54. The van der Waals surface area contributed by atoms with Crippen molar-refractivity contribution in [2.75, 3.05) is 23.8 Å². The van der Waals surface area contributed by atoms with E-state index in [0.717, 1.165) is 24.7 Å². The first-order chi connectivity index (χ1) is 10.3. The van der Waals surface area contributed by atoms with Gasteiger partial charge in [0.05, 0.1) is 12.3 Å². The van der Waals surface area contributed by atoms with Gasteiger partial charge in [-0.05, 0) is 50.2 Å². The van der Waals surface area contributed by atoms with Crippen LogP contribution in [-0.4, -0.2) is 24.2 Å². The summed E-state index contributed by atoms with van der Waals surface area (Å²) in [7, 11) is 0. The number of fused-ring (bicyclic) bond motifs is 1. The second-order valence-electron chi connectivity index (χ2n) is 6.36. The Hall–Kier alpha value is -1.45. The molecule has 2 atom stereocenters. The Morgan fingerprint density at radius 3 is 2.90 bits per heavy atom. The van der Waals surface area contributed by atoms with E-state index in [2.05, 4.69) is 17.9 Å². The van der Waals surface area contributed by atoms with Gasteiger partial charge in [0.15, 0.2) is 0 Å². The van der Waals surface area contributed by atoms with Gasteiger partial charge in [0.1, 0.15) is 5.82 Å². The number of nitrogen functional groups attached to an aromatic ring is 1. The summed E-state index contributed by atoms with van der Waals surface area (Å²) in [6, 6.07) is 4.67. The summed E-state index contributed by atoms with van der Waals surface area (Å²) in [5, 5.41) is 0. The molecular weight excluding hydrogens is 262 g/mol. The number of aromatic nitrogens is 1. The molecule has 1 aromatic rings. The average molecular weight is 289 g/mol. The van der Waals surface area contributed by atoms with Crippen LogP contribution in [0.2, 0.25) is 0 Å². The maximum atomic E-state index is 5.99. The van der Waals surface area contributed by atoms with Gasteiger partial charge in [-0.25, -0.2) is 0 Å². The Morgan fingerprint density at radius 1 is 1.24 bits per heavy atom. The van der Waals surface area contributed by atoms with Gasteiger partial charge < -0.3 is 15.4 Å². The molecule has 1 saturated heterocycles. The minimum Gasteiger partial charge on any atom is -0.476 e. The van der Waals surface area contributed by atoms with E-state index in [1.54, 1.807) is 0 Å². The first kappa shape index (κ1) is 14.5. The smallest absolute Gasteiger partial charge is 0.239 e. The molecule has 21 heavy (non-hydrogen) atoms. The highest BCUT2D eigenvalue weighted by Crippen LogP contribution is 2.38. The SMILES string of the molecule is CCCOc1nc(N2CCC[C@H]3CCCC[C@H]32)ccc1N. The monoisotopic (exact) mass is 289 g/mol. The fourth-order valence-electron chi connectivity index (χ4n) is 3.82. The van der Waals surface area contributed by atoms with Gasteiger partial charge in [0, 0.05) is 12.6 Å². The third-order valence-corrected chi connectivity index (χ3v) is 4.86. The molecule has 2 fully saturated rings. The molecule has 2 heterocycles. The number of nitrogens with two attached hydrogens (primary N) is 1. The van der Waals surface area contributed by atoms with E-state index in [1.807, 2.05) is 6.07 Å². The lowest BCUT2D eigenvalue weighted by molar-refractivity contribution is 0.242. The minimum atomic E-state index is 0.604. The standard InChI is InChI=1S/C17H27N3O/c1-2-12-21-17-14(18)9-10-16(19-17)20-11-5-7-13-6-3-4-8-15(13)20/h9-10,13,15H,2-8,11-12,18H2,1H3/t13-,15-/m1/s1. The second-order valence-corrected chi connectivity index (χ2v) is 6.36. The maximum absolute atomic E-state index is 5.99. The normalized spacial score (nSPS) is 25.5. The summed E-state index contributed by atoms with van der Waals surface area (Å²) in [6.07, 6.45) is 9.07. The van der Waals surface area contributed by atoms with Gasteiger partial charge in [-0.1, -0.05) is 19.8 Å². The number of hydrogen-bond donors (Lipinski definition) is 1. The van der Waals surface area contributed by atoms with E-state index < -0.39 is 0 Å². The number of hydrogen-bond acceptors (Lipinski definition) is 4. The summed E-state index contributed by atoms with van der Waals surface area (Å²) in [5.41, 5.74) is 6.63. The number of nitrogens with zero attached hydrogens (tertiary/aromatic N) is 2. The zero-order valence-electron chi connectivity index (χ0n) is 13.1. The van der Waals surface area contributed by atoms with Crippen LogP contribution in [0.1, 0.15) is 51.9 Å². The predicted molar refractivity (Wildman–Crippen MR) is 86.8 cm³/mol. The van der Waals surface area contributed by atoms with Gasteiger partial charge in [-0.15, -0.1) is 0 Å². The number of rotatable bonds is 4. The van der Waals surface area contributed by atoms with Crippen LogP contribution in [-0.2, 0) is 0 Å². The first-order valence-electron chi connectivity index (χ1n) is 8.45. The van der Waals surface area contributed by atoms with Crippen molar-refractivity contribution in [3.8, 4) is 5.88 Å². The summed E-state index contributed by atoms with van der Waals surface area (Å²) in [4.78, 5) is 7.21. The predicted octanol–water partition coefficient (Wildman–Crippen LogP) is 3.61. The van der Waals surface area contributed by atoms with Crippen LogP contribution in [0.4, 0.5) is 11.5 Å². The summed E-state index contributed by atoms with van der Waals surface area (Å²) in [6.45, 7) is 3.88. The third kappa shape index (κ3) is 3.09. The maximum Gasteiger partial charge on any atom is 0.239 e. The first-order valence-corrected chi connectivity index (χ1v) is 8.45. The van der Waals surface area contributed by atoms with Crippen LogP contribution in [0.3, 0.4) is 0 Å². The lowest BCUT2D eigenvalue weighted by Gasteiger charge is -2.44. The van der Waals surface area contributed by atoms with Gasteiger partial charge in [0.25, 0.3) is 0 Å². The van der Waals surface area contributed by atoms with Crippen molar-refractivity contribution in [3.63, 3.8) is 0 Å². The Labute approximate surface area is 127 Å². The summed E-state index contributed by atoms with van der Waals surface area (Å²) >= 11 is 0. The largest absolute Gasteiger partial charge is 0.476 e. The van der Waals surface area contributed by atoms with E-state index in [0.29, 0.717) is 24.2 Å². The molecule has 1 aliphatic heterocycles. The molecule has 4 heteroatoms. The molecule has 4 nitrogen and oxygen atoms in total. The molecule has 0 aromatic carbocycles. The van der Waals surface area contributed by atoms with Crippen LogP contribution >= 0.6 is 0 Å². The van der Waals surface area contributed by atoms with Crippen molar-refractivity contribution in [1.82, 2.24) is 4.98 Å². The van der Waals surface area contributed by atoms with Crippen molar-refractivity contribution < 1.29 is 4.74 Å². The molecule has 1 aromatic heterocycles. The third-order valence-electron chi connectivity index (χ3n) is 4.86. The van der Waals surface area contributed by atoms with Crippen molar-refractivity contribution in [3.05, 3.63) is 12.1 Å². The number of ether oxygens (including phenoxy) is 1. The van der Waals surface area contributed by atoms with Crippen LogP contribution in [0.15, 0.2) is 12.1 Å². The summed E-state index contributed by atoms with van der Waals surface area (Å²) < 4.78 is 5.69. The molecule has 1 aliphatic carbocycles. The van der Waals surface area contributed by atoms with E-state index >= 15 is 0 Å². The Kier molecular flexibility index (Phi) is 4.51.